The zero-order valence-corrected chi connectivity index (χ0v) is 12.0. The van der Waals surface area contributed by atoms with Gasteiger partial charge in [-0.1, -0.05) is 32.8 Å². The summed E-state index contributed by atoms with van der Waals surface area (Å²) in [6.07, 6.45) is 6.64. The number of phenols is 1. The Morgan fingerprint density at radius 1 is 1.00 bits per heavy atom. The van der Waals surface area contributed by atoms with Crippen LogP contribution in [0.15, 0.2) is 12.1 Å². The molecule has 0 aliphatic rings. The Labute approximate surface area is 111 Å². The minimum absolute atomic E-state index is 0.453. The van der Waals surface area contributed by atoms with Crippen LogP contribution in [0.3, 0.4) is 0 Å². The second-order valence-electron chi connectivity index (χ2n) is 4.84. The van der Waals surface area contributed by atoms with Gasteiger partial charge in [0, 0.05) is 7.11 Å². The molecule has 2 nitrogen and oxygen atoms in total. The van der Waals surface area contributed by atoms with E-state index >= 15 is 0 Å². The molecule has 1 aromatic rings. The molecule has 0 fully saturated rings. The number of hydrogen-bond acceptors (Lipinski definition) is 2. The number of aromatic hydroxyl groups is 1. The van der Waals surface area contributed by atoms with Crippen molar-refractivity contribution in [1.29, 1.82) is 0 Å². The van der Waals surface area contributed by atoms with Gasteiger partial charge in [0.15, 0.2) is 0 Å². The molecule has 0 aliphatic carbocycles. The quantitative estimate of drug-likeness (QED) is 0.748. The van der Waals surface area contributed by atoms with Gasteiger partial charge in [0.25, 0.3) is 0 Å². The molecule has 18 heavy (non-hydrogen) atoms. The Balaban J connectivity index is 3.04. The van der Waals surface area contributed by atoms with Crippen LogP contribution in [0.2, 0.25) is 0 Å². The molecular weight excluding hydrogens is 224 g/mol. The van der Waals surface area contributed by atoms with E-state index in [-0.39, 0.29) is 0 Å². The Morgan fingerprint density at radius 2 is 1.61 bits per heavy atom. The first-order valence-electron chi connectivity index (χ1n) is 7.06. The molecular formula is C16H26O2. The summed E-state index contributed by atoms with van der Waals surface area (Å²) in [7, 11) is 1.72. The van der Waals surface area contributed by atoms with E-state index in [4.69, 9.17) is 4.74 Å². The highest BCUT2D eigenvalue weighted by atomic mass is 16.5. The monoisotopic (exact) mass is 250 g/mol. The number of ether oxygens (including phenoxy) is 1. The van der Waals surface area contributed by atoms with Gasteiger partial charge < -0.3 is 9.84 Å². The van der Waals surface area contributed by atoms with E-state index in [1.165, 1.54) is 24.0 Å². The van der Waals surface area contributed by atoms with Crippen molar-refractivity contribution in [2.75, 3.05) is 7.11 Å². The number of methoxy groups -OCH3 is 1. The van der Waals surface area contributed by atoms with Crippen molar-refractivity contribution < 1.29 is 9.84 Å². The van der Waals surface area contributed by atoms with E-state index in [0.717, 1.165) is 31.2 Å². The van der Waals surface area contributed by atoms with E-state index in [0.29, 0.717) is 12.4 Å². The maximum Gasteiger partial charge on any atom is 0.119 e. The molecule has 1 N–H and O–H groups in total. The SMILES string of the molecule is CCCCc1c(O)ccc(COC)c1CCCC. The Hall–Kier alpha value is -1.02. The maximum atomic E-state index is 10.1. The third-order valence-corrected chi connectivity index (χ3v) is 3.36. The molecule has 0 spiro atoms. The van der Waals surface area contributed by atoms with E-state index in [1.807, 2.05) is 12.1 Å². The van der Waals surface area contributed by atoms with Crippen LogP contribution in [0.1, 0.15) is 56.2 Å². The highest BCUT2D eigenvalue weighted by Crippen LogP contribution is 2.28. The molecule has 2 heteroatoms. The molecule has 0 atom stereocenters. The van der Waals surface area contributed by atoms with Crippen LogP contribution >= 0.6 is 0 Å². The van der Waals surface area contributed by atoms with Crippen molar-refractivity contribution in [3.63, 3.8) is 0 Å². The molecule has 0 bridgehead atoms. The third-order valence-electron chi connectivity index (χ3n) is 3.36. The summed E-state index contributed by atoms with van der Waals surface area (Å²) in [5.41, 5.74) is 3.68. The lowest BCUT2D eigenvalue weighted by Crippen LogP contribution is -2.02. The zero-order valence-electron chi connectivity index (χ0n) is 12.0. The molecule has 0 saturated heterocycles. The molecule has 102 valence electrons. The van der Waals surface area contributed by atoms with Gasteiger partial charge in [0.1, 0.15) is 5.75 Å². The fourth-order valence-corrected chi connectivity index (χ4v) is 2.32. The summed E-state index contributed by atoms with van der Waals surface area (Å²) in [5.74, 6) is 0.453. The van der Waals surface area contributed by atoms with Crippen LogP contribution < -0.4 is 0 Å². The lowest BCUT2D eigenvalue weighted by Gasteiger charge is -2.16. The molecule has 0 aliphatic heterocycles. The van der Waals surface area contributed by atoms with Crippen LogP contribution in [0.4, 0.5) is 0 Å². The summed E-state index contributed by atoms with van der Waals surface area (Å²) in [6.45, 7) is 5.02. The van der Waals surface area contributed by atoms with Gasteiger partial charge in [-0.05, 0) is 48.4 Å². The Bertz CT molecular complexity index is 358. The van der Waals surface area contributed by atoms with Crippen molar-refractivity contribution in [3.8, 4) is 5.75 Å². The van der Waals surface area contributed by atoms with Gasteiger partial charge in [-0.25, -0.2) is 0 Å². The first-order valence-corrected chi connectivity index (χ1v) is 7.06. The first-order chi connectivity index (χ1) is 8.74. The van der Waals surface area contributed by atoms with E-state index in [2.05, 4.69) is 13.8 Å². The molecule has 0 unspecified atom stereocenters. The molecule has 1 aromatic carbocycles. The number of rotatable bonds is 8. The molecule has 0 radical (unpaired) electrons. The van der Waals surface area contributed by atoms with Gasteiger partial charge in [0.2, 0.25) is 0 Å². The topological polar surface area (TPSA) is 29.5 Å². The fraction of sp³-hybridized carbons (Fsp3) is 0.625. The van der Waals surface area contributed by atoms with Gasteiger partial charge in [0.05, 0.1) is 6.61 Å². The average Bonchev–Trinajstić information content (AvgIpc) is 2.38. The second kappa shape index (κ2) is 8.15. The third kappa shape index (κ3) is 4.02. The van der Waals surface area contributed by atoms with Crippen molar-refractivity contribution in [2.45, 2.75) is 59.0 Å². The number of hydrogen-bond donors (Lipinski definition) is 1. The van der Waals surface area contributed by atoms with Crippen molar-refractivity contribution in [1.82, 2.24) is 0 Å². The number of phenolic OH excluding ortho intramolecular Hbond substituents is 1. The van der Waals surface area contributed by atoms with Crippen LogP contribution in [0, 0.1) is 0 Å². The minimum Gasteiger partial charge on any atom is -0.508 e. The normalized spacial score (nSPS) is 10.8. The summed E-state index contributed by atoms with van der Waals surface area (Å²) in [6, 6.07) is 3.81. The second-order valence-corrected chi connectivity index (χ2v) is 4.84. The molecule has 0 aromatic heterocycles. The van der Waals surface area contributed by atoms with Gasteiger partial charge in [-0.3, -0.25) is 0 Å². The average molecular weight is 250 g/mol. The molecule has 0 saturated carbocycles. The fourth-order valence-electron chi connectivity index (χ4n) is 2.32. The van der Waals surface area contributed by atoms with Gasteiger partial charge >= 0.3 is 0 Å². The molecule has 0 amide bonds. The zero-order chi connectivity index (χ0) is 13.4. The van der Waals surface area contributed by atoms with Crippen molar-refractivity contribution >= 4 is 0 Å². The first kappa shape index (κ1) is 15.0. The predicted octanol–water partition coefficient (Wildman–Crippen LogP) is 4.22. The summed E-state index contributed by atoms with van der Waals surface area (Å²) >= 11 is 0. The summed E-state index contributed by atoms with van der Waals surface area (Å²) in [5, 5.41) is 10.1. The number of benzene rings is 1. The highest BCUT2D eigenvalue weighted by molar-refractivity contribution is 5.44. The van der Waals surface area contributed by atoms with Gasteiger partial charge in [-0.15, -0.1) is 0 Å². The van der Waals surface area contributed by atoms with Crippen molar-refractivity contribution in [2.24, 2.45) is 0 Å². The lowest BCUT2D eigenvalue weighted by atomic mass is 9.92. The van der Waals surface area contributed by atoms with Crippen LogP contribution in [0.25, 0.3) is 0 Å². The smallest absolute Gasteiger partial charge is 0.119 e. The van der Waals surface area contributed by atoms with Gasteiger partial charge in [-0.2, -0.15) is 0 Å². The van der Waals surface area contributed by atoms with Crippen LogP contribution in [-0.4, -0.2) is 12.2 Å². The van der Waals surface area contributed by atoms with Crippen LogP contribution in [0.5, 0.6) is 5.75 Å². The van der Waals surface area contributed by atoms with Crippen molar-refractivity contribution in [3.05, 3.63) is 28.8 Å². The standard InChI is InChI=1S/C16H26O2/c1-4-6-8-14-13(12-18-3)10-11-16(17)15(14)9-7-5-2/h10-11,17H,4-9,12H2,1-3H3. The van der Waals surface area contributed by atoms with Crippen LogP contribution in [-0.2, 0) is 24.2 Å². The number of unbranched alkanes of at least 4 members (excludes halogenated alkanes) is 2. The van der Waals surface area contributed by atoms with E-state index in [9.17, 15) is 5.11 Å². The largest absolute Gasteiger partial charge is 0.508 e. The summed E-state index contributed by atoms with van der Waals surface area (Å²) in [4.78, 5) is 0. The van der Waals surface area contributed by atoms with E-state index < -0.39 is 0 Å². The Morgan fingerprint density at radius 3 is 2.17 bits per heavy atom. The molecule has 0 heterocycles. The highest BCUT2D eigenvalue weighted by Gasteiger charge is 2.12. The maximum absolute atomic E-state index is 10.1. The lowest BCUT2D eigenvalue weighted by molar-refractivity contribution is 0.184. The van der Waals surface area contributed by atoms with E-state index in [1.54, 1.807) is 7.11 Å². The minimum atomic E-state index is 0.453. The molecule has 1 rings (SSSR count). The predicted molar refractivity (Wildman–Crippen MR) is 76.0 cm³/mol. The summed E-state index contributed by atoms with van der Waals surface area (Å²) < 4.78 is 5.27. The Kier molecular flexibility index (Phi) is 6.81.